The molecule has 0 bridgehead atoms. The first-order valence-corrected chi connectivity index (χ1v) is 8.12. The van der Waals surface area contributed by atoms with E-state index in [1.165, 1.54) is 12.0 Å². The van der Waals surface area contributed by atoms with E-state index >= 15 is 0 Å². The van der Waals surface area contributed by atoms with Crippen molar-refractivity contribution in [2.75, 3.05) is 13.1 Å². The molecule has 116 valence electrons. The zero-order valence-electron chi connectivity index (χ0n) is 13.8. The van der Waals surface area contributed by atoms with E-state index in [1.54, 1.807) is 0 Å². The summed E-state index contributed by atoms with van der Waals surface area (Å²) in [5, 5.41) is 0. The van der Waals surface area contributed by atoms with Crippen LogP contribution in [0, 0.1) is 5.41 Å². The summed E-state index contributed by atoms with van der Waals surface area (Å²) in [6.45, 7) is 7.35. The quantitative estimate of drug-likeness (QED) is 0.746. The second-order valence-corrected chi connectivity index (χ2v) is 7.75. The molecule has 0 aromatic heterocycles. The lowest BCUT2D eigenvalue weighted by Crippen LogP contribution is -2.42. The van der Waals surface area contributed by atoms with Crippen molar-refractivity contribution in [1.29, 1.82) is 0 Å². The highest BCUT2D eigenvalue weighted by Gasteiger charge is 2.55. The molecule has 1 amide bonds. The van der Waals surface area contributed by atoms with Gasteiger partial charge in [-0.1, -0.05) is 29.7 Å². The van der Waals surface area contributed by atoms with Gasteiger partial charge in [0.25, 0.3) is 0 Å². The fourth-order valence-electron chi connectivity index (χ4n) is 3.56. The summed E-state index contributed by atoms with van der Waals surface area (Å²) in [5.74, 6) is 0.633. The highest BCUT2D eigenvalue weighted by molar-refractivity contribution is 6.32. The molecule has 1 aromatic carbocycles. The van der Waals surface area contributed by atoms with Crippen molar-refractivity contribution >= 4 is 19.4 Å². The third kappa shape index (κ3) is 3.16. The number of hydrogen-bond acceptors (Lipinski definition) is 2. The Bertz CT molecular complexity index is 553. The topological polar surface area (TPSA) is 29.5 Å². The minimum Gasteiger partial charge on any atom is -0.444 e. The Morgan fingerprint density at radius 3 is 2.36 bits per heavy atom. The predicted octanol–water partition coefficient (Wildman–Crippen LogP) is 2.99. The number of benzene rings is 1. The Morgan fingerprint density at radius 2 is 1.82 bits per heavy atom. The molecule has 3 nitrogen and oxygen atoms in total. The second kappa shape index (κ2) is 5.33. The Labute approximate surface area is 134 Å². The van der Waals surface area contributed by atoms with Crippen molar-refractivity contribution in [1.82, 2.24) is 4.90 Å². The molecule has 1 aliphatic carbocycles. The Hall–Kier alpha value is -1.45. The van der Waals surface area contributed by atoms with Gasteiger partial charge in [-0.25, -0.2) is 4.79 Å². The minimum absolute atomic E-state index is 0.174. The largest absolute Gasteiger partial charge is 0.444 e. The van der Waals surface area contributed by atoms with Crippen LogP contribution < -0.4 is 5.46 Å². The molecule has 1 unspecified atom stereocenters. The number of carbonyl (C=O) groups excluding carboxylic acids is 1. The van der Waals surface area contributed by atoms with Gasteiger partial charge in [0.15, 0.2) is 0 Å². The first-order chi connectivity index (χ1) is 10.3. The monoisotopic (exact) mass is 297 g/mol. The van der Waals surface area contributed by atoms with Crippen LogP contribution >= 0.6 is 0 Å². The number of hydrogen-bond donors (Lipinski definition) is 0. The first-order valence-electron chi connectivity index (χ1n) is 8.12. The van der Waals surface area contributed by atoms with Crippen LogP contribution in [0.4, 0.5) is 4.79 Å². The molecule has 3 rings (SSSR count). The number of rotatable bonds is 1. The maximum Gasteiger partial charge on any atom is 0.410 e. The van der Waals surface area contributed by atoms with Crippen molar-refractivity contribution in [2.24, 2.45) is 5.41 Å². The summed E-state index contributed by atoms with van der Waals surface area (Å²) in [5.41, 5.74) is 2.19. The third-order valence-corrected chi connectivity index (χ3v) is 4.94. The van der Waals surface area contributed by atoms with Gasteiger partial charge >= 0.3 is 6.09 Å². The van der Waals surface area contributed by atoms with E-state index in [0.29, 0.717) is 11.3 Å². The van der Waals surface area contributed by atoms with Gasteiger partial charge in [0.05, 0.1) is 0 Å². The predicted molar refractivity (Wildman–Crippen MR) is 88.7 cm³/mol. The van der Waals surface area contributed by atoms with Gasteiger partial charge in [-0.3, -0.25) is 0 Å². The highest BCUT2D eigenvalue weighted by atomic mass is 16.6. The molecule has 1 aromatic rings. The van der Waals surface area contributed by atoms with Crippen molar-refractivity contribution in [3.8, 4) is 0 Å². The van der Waals surface area contributed by atoms with Crippen LogP contribution in [0.3, 0.4) is 0 Å². The van der Waals surface area contributed by atoms with Crippen LogP contribution in [0.1, 0.15) is 51.5 Å². The Morgan fingerprint density at radius 1 is 1.23 bits per heavy atom. The molecule has 1 saturated carbocycles. The molecule has 22 heavy (non-hydrogen) atoms. The van der Waals surface area contributed by atoms with Gasteiger partial charge in [0, 0.05) is 13.1 Å². The molecular weight excluding hydrogens is 273 g/mol. The maximum atomic E-state index is 12.1. The van der Waals surface area contributed by atoms with Crippen LogP contribution in [0.2, 0.25) is 0 Å². The molecule has 2 radical (unpaired) electrons. The average Bonchev–Trinajstić information content (AvgIpc) is 3.12. The average molecular weight is 297 g/mol. The van der Waals surface area contributed by atoms with Crippen molar-refractivity contribution < 1.29 is 9.53 Å². The molecule has 1 aliphatic heterocycles. The van der Waals surface area contributed by atoms with E-state index in [0.717, 1.165) is 31.4 Å². The lowest BCUT2D eigenvalue weighted by Gasteiger charge is -2.34. The lowest BCUT2D eigenvalue weighted by atomic mass is 9.87. The number of carbonyl (C=O) groups is 1. The Balaban J connectivity index is 1.57. The van der Waals surface area contributed by atoms with Crippen LogP contribution in [0.15, 0.2) is 24.3 Å². The summed E-state index contributed by atoms with van der Waals surface area (Å²) < 4.78 is 5.46. The molecule has 1 atom stereocenters. The molecule has 2 aliphatic rings. The van der Waals surface area contributed by atoms with Gasteiger partial charge in [-0.15, -0.1) is 0 Å². The third-order valence-electron chi connectivity index (χ3n) is 4.94. The number of piperidine rings is 1. The fraction of sp³-hybridized carbons (Fsp3) is 0.611. The van der Waals surface area contributed by atoms with E-state index in [2.05, 4.69) is 12.1 Å². The Kier molecular flexibility index (Phi) is 3.74. The highest BCUT2D eigenvalue weighted by Crippen LogP contribution is 2.64. The number of likely N-dealkylation sites (tertiary alicyclic amines) is 1. The van der Waals surface area contributed by atoms with Crippen LogP contribution in [-0.4, -0.2) is 37.5 Å². The summed E-state index contributed by atoms with van der Waals surface area (Å²) in [7, 11) is 5.76. The van der Waals surface area contributed by atoms with E-state index in [-0.39, 0.29) is 6.09 Å². The molecule has 1 heterocycles. The number of amides is 1. The van der Waals surface area contributed by atoms with Gasteiger partial charge in [-0.05, 0) is 56.9 Å². The minimum atomic E-state index is -0.418. The first kappa shape index (κ1) is 15.5. The zero-order chi connectivity index (χ0) is 16.0. The van der Waals surface area contributed by atoms with E-state index in [9.17, 15) is 4.79 Å². The molecule has 0 N–H and O–H groups in total. The van der Waals surface area contributed by atoms with E-state index in [1.807, 2.05) is 37.8 Å². The normalized spacial score (nSPS) is 23.4. The standard InChI is InChI=1S/C18H24BNO2/c1-17(2,3)22-16(21)20-10-8-18(9-11-20)12-15(18)13-4-6-14(19)7-5-13/h4-7,15H,8-12H2,1-3H3. The second-order valence-electron chi connectivity index (χ2n) is 7.75. The van der Waals surface area contributed by atoms with Gasteiger partial charge < -0.3 is 9.64 Å². The fourth-order valence-corrected chi connectivity index (χ4v) is 3.56. The molecule has 1 spiro atoms. The summed E-state index contributed by atoms with van der Waals surface area (Å²) in [6.07, 6.45) is 3.20. The van der Waals surface area contributed by atoms with Crippen molar-refractivity contribution in [3.05, 3.63) is 29.8 Å². The SMILES string of the molecule is [B]c1ccc(C2CC23CCN(C(=O)OC(C)(C)C)CC3)cc1. The molecule has 4 heteroatoms. The smallest absolute Gasteiger partial charge is 0.410 e. The molecular formula is C18H24BNO2. The van der Waals surface area contributed by atoms with Crippen LogP contribution in [0.25, 0.3) is 0 Å². The van der Waals surface area contributed by atoms with Gasteiger partial charge in [-0.2, -0.15) is 0 Å². The van der Waals surface area contributed by atoms with Crippen molar-refractivity contribution in [2.45, 2.75) is 51.6 Å². The summed E-state index contributed by atoms with van der Waals surface area (Å²) >= 11 is 0. The summed E-state index contributed by atoms with van der Waals surface area (Å²) in [6, 6.07) is 8.26. The lowest BCUT2D eigenvalue weighted by molar-refractivity contribution is 0.0170. The van der Waals surface area contributed by atoms with Gasteiger partial charge in [0.1, 0.15) is 13.4 Å². The van der Waals surface area contributed by atoms with E-state index < -0.39 is 5.60 Å². The van der Waals surface area contributed by atoms with Crippen molar-refractivity contribution in [3.63, 3.8) is 0 Å². The zero-order valence-corrected chi connectivity index (χ0v) is 13.8. The maximum absolute atomic E-state index is 12.1. The summed E-state index contributed by atoms with van der Waals surface area (Å²) in [4.78, 5) is 14.0. The van der Waals surface area contributed by atoms with Crippen LogP contribution in [-0.2, 0) is 4.74 Å². The van der Waals surface area contributed by atoms with E-state index in [4.69, 9.17) is 12.6 Å². The number of nitrogens with zero attached hydrogens (tertiary/aromatic N) is 1. The van der Waals surface area contributed by atoms with Gasteiger partial charge in [0.2, 0.25) is 0 Å². The number of ether oxygens (including phenoxy) is 1. The molecule has 2 fully saturated rings. The molecule has 1 saturated heterocycles. The van der Waals surface area contributed by atoms with Crippen LogP contribution in [0.5, 0.6) is 0 Å².